The van der Waals surface area contributed by atoms with Crippen molar-refractivity contribution in [1.29, 1.82) is 0 Å². The van der Waals surface area contributed by atoms with Crippen LogP contribution in [0.2, 0.25) is 0 Å². The Morgan fingerprint density at radius 1 is 0.958 bits per heavy atom. The Hall–Kier alpha value is -2.53. The first kappa shape index (κ1) is 39.9. The summed E-state index contributed by atoms with van der Waals surface area (Å²) in [5.41, 5.74) is -1.43. The van der Waals surface area contributed by atoms with Crippen LogP contribution in [0, 0.1) is 22.7 Å². The van der Waals surface area contributed by atoms with Crippen LogP contribution in [0.25, 0.3) is 0 Å². The summed E-state index contributed by atoms with van der Waals surface area (Å²) in [5, 5.41) is 33.3. The highest BCUT2D eigenvalue weighted by molar-refractivity contribution is 5.70. The highest BCUT2D eigenvalue weighted by Gasteiger charge is 2.74. The van der Waals surface area contributed by atoms with Crippen molar-refractivity contribution in [2.45, 2.75) is 155 Å². The summed E-state index contributed by atoms with van der Waals surface area (Å²) in [6.45, 7) is 12.1. The molecule has 10 heteroatoms. The number of carbonyl (C=O) groups is 3. The molecule has 3 rings (SSSR count). The number of ether oxygens (including phenoxy) is 4. The van der Waals surface area contributed by atoms with Crippen molar-refractivity contribution in [3.05, 3.63) is 36.0 Å². The zero-order chi connectivity index (χ0) is 35.5. The molecule has 0 aromatic carbocycles. The van der Waals surface area contributed by atoms with Crippen molar-refractivity contribution in [1.82, 2.24) is 0 Å². The first-order chi connectivity index (χ1) is 22.9. The molecule has 272 valence electrons. The average Bonchev–Trinajstić information content (AvgIpc) is 3.32. The van der Waals surface area contributed by atoms with Crippen LogP contribution in [0.5, 0.6) is 0 Å². The lowest BCUT2D eigenvalue weighted by molar-refractivity contribution is -0.275. The van der Waals surface area contributed by atoms with Gasteiger partial charge in [-0.1, -0.05) is 104 Å². The van der Waals surface area contributed by atoms with Gasteiger partial charge in [0.1, 0.15) is 12.2 Å². The van der Waals surface area contributed by atoms with Gasteiger partial charge in [0.15, 0.2) is 0 Å². The van der Waals surface area contributed by atoms with Gasteiger partial charge in [-0.05, 0) is 42.2 Å². The second-order valence-electron chi connectivity index (χ2n) is 14.3. The topological polar surface area (TPSA) is 149 Å². The summed E-state index contributed by atoms with van der Waals surface area (Å²) < 4.78 is 23.4. The van der Waals surface area contributed by atoms with Gasteiger partial charge >= 0.3 is 17.9 Å². The second kappa shape index (κ2) is 18.5. The minimum Gasteiger partial charge on any atom is -0.459 e. The summed E-state index contributed by atoms with van der Waals surface area (Å²) >= 11 is 0. The Labute approximate surface area is 286 Å². The molecule has 1 heterocycles. The number of carbonyl (C=O) groups excluding carboxylic acids is 3. The van der Waals surface area contributed by atoms with Crippen LogP contribution in [0.4, 0.5) is 0 Å². The van der Waals surface area contributed by atoms with Crippen LogP contribution >= 0.6 is 0 Å². The van der Waals surface area contributed by atoms with Crippen molar-refractivity contribution in [3.8, 4) is 0 Å². The molecular weight excluding hydrogens is 616 g/mol. The van der Waals surface area contributed by atoms with E-state index >= 15 is 0 Å². The molecule has 0 unspecified atom stereocenters. The van der Waals surface area contributed by atoms with Gasteiger partial charge in [-0.3, -0.25) is 19.1 Å². The van der Waals surface area contributed by atoms with Crippen molar-refractivity contribution >= 4 is 17.9 Å². The maximum atomic E-state index is 13.4. The molecule has 2 fully saturated rings. The van der Waals surface area contributed by atoms with Crippen LogP contribution in [-0.2, 0) is 33.3 Å². The summed E-state index contributed by atoms with van der Waals surface area (Å²) in [4.78, 5) is 37.9. The monoisotopic (exact) mass is 676 g/mol. The maximum Gasteiger partial charge on any atom is 0.306 e. The zero-order valence-electron chi connectivity index (χ0n) is 29.8. The molecule has 0 radical (unpaired) electrons. The minimum atomic E-state index is -1.50. The van der Waals surface area contributed by atoms with E-state index in [1.807, 2.05) is 19.9 Å². The Morgan fingerprint density at radius 3 is 2.08 bits per heavy atom. The standard InChI is InChI=1S/C38H60O10/c1-7-9-10-11-12-13-14-15-16-17-18-19-32(43)47-33-25(3)37(6,21-20-28(8-2)24-39)31-23-29(42)22-30-35(45-26(4)40)48-36(46-27(5)41)38(30,31)34(33)44/h8,20,22,25,29,31,33-36,39,42,44H,2,7,9-19,21,23-24H2,1,3-6H3/b28-20-/t25-,29+,31+,33-,34+,35+,36-,37-,38-/m0/s1. The molecule has 1 aliphatic heterocycles. The van der Waals surface area contributed by atoms with Crippen molar-refractivity contribution < 1.29 is 48.7 Å². The Morgan fingerprint density at radius 2 is 1.54 bits per heavy atom. The fourth-order valence-electron chi connectivity index (χ4n) is 8.23. The SMILES string of the molecule is C=C/C(=C/C[C@]1(C)[C@H]2C[C@H](O)C=C3[C@H](OC(C)=O)O[C@H](OC(C)=O)[C@@]32[C@H](O)[C@@H](OC(=O)CCCCCCCCCCCCC)[C@@H]1C)CO. The highest BCUT2D eigenvalue weighted by Crippen LogP contribution is 2.67. The number of esters is 3. The number of rotatable bonds is 19. The quantitative estimate of drug-likeness (QED) is 0.0474. The number of allylic oxidation sites excluding steroid dienone is 1. The van der Waals surface area contributed by atoms with Crippen LogP contribution < -0.4 is 0 Å². The van der Waals surface area contributed by atoms with Gasteiger partial charge in [0.05, 0.1) is 18.1 Å². The Balaban J connectivity index is 1.87. The van der Waals surface area contributed by atoms with E-state index in [1.165, 1.54) is 64.9 Å². The number of hydrogen-bond donors (Lipinski definition) is 3. The van der Waals surface area contributed by atoms with E-state index in [9.17, 15) is 29.7 Å². The number of aliphatic hydroxyl groups excluding tert-OH is 3. The van der Waals surface area contributed by atoms with Gasteiger partial charge in [0, 0.05) is 31.8 Å². The molecule has 2 aliphatic carbocycles. The third-order valence-corrected chi connectivity index (χ3v) is 11.0. The molecule has 0 amide bonds. The van der Waals surface area contributed by atoms with E-state index in [2.05, 4.69) is 13.5 Å². The van der Waals surface area contributed by atoms with E-state index in [0.717, 1.165) is 19.3 Å². The molecule has 0 aromatic heterocycles. The van der Waals surface area contributed by atoms with E-state index in [4.69, 9.17) is 18.9 Å². The lowest BCUT2D eigenvalue weighted by Crippen LogP contribution is -2.68. The molecule has 3 aliphatic rings. The molecule has 48 heavy (non-hydrogen) atoms. The van der Waals surface area contributed by atoms with Crippen molar-refractivity contribution in [2.75, 3.05) is 6.61 Å². The molecule has 9 atom stereocenters. The van der Waals surface area contributed by atoms with E-state index in [0.29, 0.717) is 18.4 Å². The van der Waals surface area contributed by atoms with Gasteiger partial charge in [-0.15, -0.1) is 0 Å². The maximum absolute atomic E-state index is 13.4. The highest BCUT2D eigenvalue weighted by atomic mass is 16.8. The largest absolute Gasteiger partial charge is 0.459 e. The van der Waals surface area contributed by atoms with Crippen LogP contribution in [0.3, 0.4) is 0 Å². The first-order valence-electron chi connectivity index (χ1n) is 18.1. The third-order valence-electron chi connectivity index (χ3n) is 11.0. The normalized spacial score (nSPS) is 32.9. The molecule has 3 N–H and O–H groups in total. The fourth-order valence-corrected chi connectivity index (χ4v) is 8.23. The summed E-state index contributed by atoms with van der Waals surface area (Å²) in [6.07, 6.45) is 12.1. The minimum absolute atomic E-state index is 0.172. The average molecular weight is 677 g/mol. The second-order valence-corrected chi connectivity index (χ2v) is 14.3. The summed E-state index contributed by atoms with van der Waals surface area (Å²) in [6, 6.07) is 0. The van der Waals surface area contributed by atoms with Crippen molar-refractivity contribution in [3.63, 3.8) is 0 Å². The lowest BCUT2D eigenvalue weighted by Gasteiger charge is -2.62. The predicted octanol–water partition coefficient (Wildman–Crippen LogP) is 6.21. The predicted molar refractivity (Wildman–Crippen MR) is 181 cm³/mol. The van der Waals surface area contributed by atoms with E-state index in [1.54, 1.807) is 6.08 Å². The van der Waals surface area contributed by atoms with E-state index < -0.39 is 71.5 Å². The Kier molecular flexibility index (Phi) is 15.3. The fraction of sp³-hybridized carbons (Fsp3) is 0.763. The van der Waals surface area contributed by atoms with Crippen LogP contribution in [0.1, 0.15) is 125 Å². The van der Waals surface area contributed by atoms with Gasteiger partial charge in [0.2, 0.25) is 12.6 Å². The molecular formula is C38H60O10. The Bertz CT molecular complexity index is 1160. The first-order valence-corrected chi connectivity index (χ1v) is 18.1. The number of hydrogen-bond acceptors (Lipinski definition) is 10. The smallest absolute Gasteiger partial charge is 0.306 e. The summed E-state index contributed by atoms with van der Waals surface area (Å²) in [5.74, 6) is -2.79. The van der Waals surface area contributed by atoms with Crippen LogP contribution in [0.15, 0.2) is 36.0 Å². The van der Waals surface area contributed by atoms with Gasteiger partial charge < -0.3 is 29.5 Å². The summed E-state index contributed by atoms with van der Waals surface area (Å²) in [7, 11) is 0. The van der Waals surface area contributed by atoms with Crippen LogP contribution in [-0.4, -0.2) is 70.7 Å². The third kappa shape index (κ3) is 9.17. The molecule has 1 saturated carbocycles. The molecule has 1 spiro atoms. The van der Waals surface area contributed by atoms with Gasteiger partial charge in [0.25, 0.3) is 0 Å². The zero-order valence-corrected chi connectivity index (χ0v) is 29.8. The molecule has 0 aromatic rings. The molecule has 10 nitrogen and oxygen atoms in total. The van der Waals surface area contributed by atoms with Crippen molar-refractivity contribution in [2.24, 2.45) is 22.7 Å². The molecule has 0 bridgehead atoms. The van der Waals surface area contributed by atoms with Gasteiger partial charge in [-0.2, -0.15) is 0 Å². The molecule has 1 saturated heterocycles. The number of unbranched alkanes of at least 4 members (excludes halogenated alkanes) is 10. The van der Waals surface area contributed by atoms with E-state index in [-0.39, 0.29) is 25.0 Å². The lowest BCUT2D eigenvalue weighted by atomic mass is 9.44. The number of aliphatic hydroxyl groups is 3. The van der Waals surface area contributed by atoms with Gasteiger partial charge in [-0.25, -0.2) is 0 Å².